The monoisotopic (exact) mass is 1200 g/mol. The first-order valence-electron chi connectivity index (χ1n) is 39.1. The van der Waals surface area contributed by atoms with Gasteiger partial charge in [0.15, 0.2) is 0 Å². The third-order valence-corrected chi connectivity index (χ3v) is 18.5. The summed E-state index contributed by atoms with van der Waals surface area (Å²) in [5, 5.41) is 23.5. The minimum atomic E-state index is -0.664. The van der Waals surface area contributed by atoms with E-state index in [1.165, 1.54) is 360 Å². The number of esters is 1. The molecule has 85 heavy (non-hydrogen) atoms. The molecule has 0 rings (SSSR count). The smallest absolute Gasteiger partial charge is 0.305 e. The fraction of sp³-hybridized carbons (Fsp3) is 0.924. The molecule has 2 unspecified atom stereocenters. The number of carbonyl (C=O) groups is 2. The Hall–Kier alpha value is -1.66. The highest BCUT2D eigenvalue weighted by molar-refractivity contribution is 5.76. The normalized spacial score (nSPS) is 12.6. The van der Waals surface area contributed by atoms with Gasteiger partial charge in [-0.1, -0.05) is 398 Å². The molecule has 3 N–H and O–H groups in total. The molecule has 0 bridgehead atoms. The number of nitrogens with one attached hydrogen (secondary N) is 1. The quantitative estimate of drug-likeness (QED) is 0.0320. The molecule has 0 aliphatic rings. The molecule has 0 aliphatic heterocycles. The molecule has 2 atom stereocenters. The average Bonchev–Trinajstić information content (AvgIpc) is 3.51. The zero-order valence-corrected chi connectivity index (χ0v) is 57.9. The molecule has 0 aromatic heterocycles. The van der Waals surface area contributed by atoms with E-state index < -0.39 is 12.1 Å². The van der Waals surface area contributed by atoms with Gasteiger partial charge in [0, 0.05) is 12.8 Å². The maximum atomic E-state index is 12.6. The zero-order chi connectivity index (χ0) is 61.3. The van der Waals surface area contributed by atoms with E-state index in [-0.39, 0.29) is 18.5 Å². The van der Waals surface area contributed by atoms with Gasteiger partial charge in [-0.25, -0.2) is 0 Å². The molecular weight excluding hydrogens is 1040 g/mol. The van der Waals surface area contributed by atoms with Crippen molar-refractivity contribution in [2.75, 3.05) is 13.2 Å². The molecule has 0 heterocycles. The number of rotatable bonds is 74. The van der Waals surface area contributed by atoms with Crippen molar-refractivity contribution in [3.63, 3.8) is 0 Å². The van der Waals surface area contributed by atoms with Gasteiger partial charge in [0.05, 0.1) is 25.4 Å². The fourth-order valence-electron chi connectivity index (χ4n) is 12.6. The van der Waals surface area contributed by atoms with Crippen LogP contribution in [0.2, 0.25) is 0 Å². The van der Waals surface area contributed by atoms with Crippen molar-refractivity contribution in [2.24, 2.45) is 0 Å². The minimum absolute atomic E-state index is 0.00641. The summed E-state index contributed by atoms with van der Waals surface area (Å²) >= 11 is 0. The van der Waals surface area contributed by atoms with Crippen LogP contribution in [0.5, 0.6) is 0 Å². The molecule has 0 aromatic rings. The lowest BCUT2D eigenvalue weighted by Gasteiger charge is -2.22. The summed E-state index contributed by atoms with van der Waals surface area (Å²) in [4.78, 5) is 24.7. The van der Waals surface area contributed by atoms with Crippen LogP contribution in [0.15, 0.2) is 24.3 Å². The van der Waals surface area contributed by atoms with E-state index in [2.05, 4.69) is 43.5 Å². The summed E-state index contributed by atoms with van der Waals surface area (Å²) in [5.41, 5.74) is 0. The summed E-state index contributed by atoms with van der Waals surface area (Å²) in [5.74, 6) is -0.0198. The molecule has 0 saturated heterocycles. The van der Waals surface area contributed by atoms with Crippen molar-refractivity contribution >= 4 is 11.9 Å². The van der Waals surface area contributed by atoms with Gasteiger partial charge in [-0.15, -0.1) is 0 Å². The van der Waals surface area contributed by atoms with Crippen LogP contribution < -0.4 is 5.32 Å². The van der Waals surface area contributed by atoms with Gasteiger partial charge in [0.25, 0.3) is 0 Å². The van der Waals surface area contributed by atoms with Gasteiger partial charge in [-0.3, -0.25) is 9.59 Å². The van der Waals surface area contributed by atoms with Crippen LogP contribution in [-0.4, -0.2) is 47.4 Å². The number of hydrogen-bond acceptors (Lipinski definition) is 5. The lowest BCUT2D eigenvalue weighted by atomic mass is 10.0. The topological polar surface area (TPSA) is 95.9 Å². The lowest BCUT2D eigenvalue weighted by Crippen LogP contribution is -2.45. The Morgan fingerprint density at radius 2 is 0.588 bits per heavy atom. The molecule has 0 saturated carbocycles. The second kappa shape index (κ2) is 74.8. The number of allylic oxidation sites excluding steroid dienone is 4. The number of unbranched alkanes of at least 4 members (excludes halogenated alkanes) is 59. The highest BCUT2D eigenvalue weighted by atomic mass is 16.5. The van der Waals surface area contributed by atoms with Crippen molar-refractivity contribution in [1.29, 1.82) is 0 Å². The predicted molar refractivity (Wildman–Crippen MR) is 375 cm³/mol. The third kappa shape index (κ3) is 71.3. The second-order valence-corrected chi connectivity index (χ2v) is 27.0. The maximum absolute atomic E-state index is 12.6. The largest absolute Gasteiger partial charge is 0.466 e. The fourth-order valence-corrected chi connectivity index (χ4v) is 12.6. The Morgan fingerprint density at radius 3 is 0.906 bits per heavy atom. The first-order chi connectivity index (χ1) is 42.0. The highest BCUT2D eigenvalue weighted by Crippen LogP contribution is 2.20. The van der Waals surface area contributed by atoms with Gasteiger partial charge < -0.3 is 20.3 Å². The number of hydrogen-bond donors (Lipinski definition) is 3. The van der Waals surface area contributed by atoms with Gasteiger partial charge in [-0.05, 0) is 57.8 Å². The number of aliphatic hydroxyl groups is 2. The van der Waals surface area contributed by atoms with Gasteiger partial charge in [-0.2, -0.15) is 0 Å². The Labute approximate surface area is 532 Å². The van der Waals surface area contributed by atoms with Crippen molar-refractivity contribution < 1.29 is 24.5 Å². The van der Waals surface area contributed by atoms with E-state index in [4.69, 9.17) is 4.74 Å². The summed E-state index contributed by atoms with van der Waals surface area (Å²) in [6.45, 7) is 4.98. The van der Waals surface area contributed by atoms with Crippen LogP contribution in [0.1, 0.15) is 444 Å². The molecule has 1 amide bonds. The molecule has 6 heteroatoms. The SMILES string of the molecule is CCCCCC/C=C\C/C=C\CCCCCCCC(=O)OCCCCCCCCCCCCCCCCCCCCCCCCCCCCCCC(=O)NC(CO)C(O)CCCCCCCCCCCCCCCCCCCCCCCCCC. The van der Waals surface area contributed by atoms with E-state index in [0.29, 0.717) is 25.9 Å². The van der Waals surface area contributed by atoms with Crippen LogP contribution in [0, 0.1) is 0 Å². The lowest BCUT2D eigenvalue weighted by molar-refractivity contribution is -0.143. The summed E-state index contributed by atoms with van der Waals surface area (Å²) in [6.07, 6.45) is 95.4. The standard InChI is InChI=1S/C79H153NO5/c1-3-5-7-9-11-13-15-17-19-21-22-23-24-31-34-37-40-43-47-51-55-59-63-67-71-77(82)76(75-81)80-78(83)72-68-64-60-56-52-48-44-41-38-35-32-29-27-25-26-28-30-33-36-39-42-46-50-54-58-62-66-70-74-85-79(84)73-69-65-61-57-53-49-45-20-18-16-14-12-10-8-6-4-2/h14,16,20,45,76-77,81-82H,3-13,15,17-19,21-44,46-75H2,1-2H3,(H,80,83)/b16-14-,45-20-. The first-order valence-corrected chi connectivity index (χ1v) is 39.1. The molecular formula is C79H153NO5. The van der Waals surface area contributed by atoms with Crippen molar-refractivity contribution in [2.45, 2.75) is 456 Å². The maximum Gasteiger partial charge on any atom is 0.305 e. The van der Waals surface area contributed by atoms with Crippen LogP contribution in [-0.2, 0) is 14.3 Å². The number of carbonyl (C=O) groups excluding carboxylic acids is 2. The third-order valence-electron chi connectivity index (χ3n) is 18.5. The number of aliphatic hydroxyl groups excluding tert-OH is 2. The Kier molecular flexibility index (Phi) is 73.3. The number of ether oxygens (including phenoxy) is 1. The highest BCUT2D eigenvalue weighted by Gasteiger charge is 2.20. The van der Waals surface area contributed by atoms with E-state index in [1.54, 1.807) is 0 Å². The molecule has 0 aliphatic carbocycles. The van der Waals surface area contributed by atoms with Crippen LogP contribution in [0.3, 0.4) is 0 Å². The van der Waals surface area contributed by atoms with Gasteiger partial charge in [0.2, 0.25) is 5.91 Å². The minimum Gasteiger partial charge on any atom is -0.466 e. The van der Waals surface area contributed by atoms with Gasteiger partial charge in [0.1, 0.15) is 0 Å². The molecule has 6 nitrogen and oxygen atoms in total. The van der Waals surface area contributed by atoms with Gasteiger partial charge >= 0.3 is 5.97 Å². The van der Waals surface area contributed by atoms with E-state index >= 15 is 0 Å². The average molecular weight is 1200 g/mol. The first kappa shape index (κ1) is 83.3. The Bertz CT molecular complexity index is 1330. The van der Waals surface area contributed by atoms with Crippen molar-refractivity contribution in [3.8, 4) is 0 Å². The van der Waals surface area contributed by atoms with Crippen molar-refractivity contribution in [1.82, 2.24) is 5.32 Å². The molecule has 0 fully saturated rings. The van der Waals surface area contributed by atoms with Crippen molar-refractivity contribution in [3.05, 3.63) is 24.3 Å². The van der Waals surface area contributed by atoms with E-state index in [0.717, 1.165) is 51.4 Å². The zero-order valence-electron chi connectivity index (χ0n) is 57.9. The van der Waals surface area contributed by atoms with Crippen LogP contribution in [0.25, 0.3) is 0 Å². The molecule has 0 aromatic carbocycles. The molecule has 0 spiro atoms. The van der Waals surface area contributed by atoms with E-state index in [9.17, 15) is 19.8 Å². The summed E-state index contributed by atoms with van der Waals surface area (Å²) in [7, 11) is 0. The second-order valence-electron chi connectivity index (χ2n) is 27.0. The molecule has 0 radical (unpaired) electrons. The van der Waals surface area contributed by atoms with Crippen LogP contribution in [0.4, 0.5) is 0 Å². The van der Waals surface area contributed by atoms with E-state index in [1.807, 2.05) is 0 Å². The Morgan fingerprint density at radius 1 is 0.329 bits per heavy atom. The molecule has 504 valence electrons. The summed E-state index contributed by atoms with van der Waals surface area (Å²) < 4.78 is 5.50. The predicted octanol–water partition coefficient (Wildman–Crippen LogP) is 25.7. The number of amides is 1. The Balaban J connectivity index is 3.35. The summed E-state index contributed by atoms with van der Waals surface area (Å²) in [6, 6.07) is -0.540. The van der Waals surface area contributed by atoms with Crippen LogP contribution >= 0.6 is 0 Å².